The smallest absolute Gasteiger partial charge is 0.408 e. The number of aryl methyl sites for hydroxylation is 1. The first-order valence-corrected chi connectivity index (χ1v) is 9.65. The first-order chi connectivity index (χ1) is 11.7. The van der Waals surface area contributed by atoms with Gasteiger partial charge in [0.05, 0.1) is 21.2 Å². The predicted octanol–water partition coefficient (Wildman–Crippen LogP) is 4.38. The number of rotatable bonds is 4. The molecule has 25 heavy (non-hydrogen) atoms. The summed E-state index contributed by atoms with van der Waals surface area (Å²) in [5, 5.41) is 0.458. The van der Waals surface area contributed by atoms with Gasteiger partial charge in [-0.05, 0) is 31.2 Å². The Bertz CT molecular complexity index is 1140. The first-order valence-electron chi connectivity index (χ1n) is 7.03. The molecule has 0 saturated heterocycles. The number of nitrogens with one attached hydrogen (secondary N) is 1. The highest BCUT2D eigenvalue weighted by atomic mass is 35.5. The van der Waals surface area contributed by atoms with Crippen LogP contribution in [-0.2, 0) is 16.6 Å². The van der Waals surface area contributed by atoms with Gasteiger partial charge in [0, 0.05) is 17.6 Å². The lowest BCUT2D eigenvalue weighted by atomic mass is 10.3. The van der Waals surface area contributed by atoms with Crippen molar-refractivity contribution in [3.05, 3.63) is 56.0 Å². The second-order valence-electron chi connectivity index (χ2n) is 5.09. The molecule has 1 aromatic heterocycles. The predicted molar refractivity (Wildman–Crippen MR) is 98.4 cm³/mol. The van der Waals surface area contributed by atoms with Crippen molar-refractivity contribution < 1.29 is 12.8 Å². The molecule has 3 rings (SSSR count). The number of benzene rings is 2. The van der Waals surface area contributed by atoms with Crippen LogP contribution in [0.1, 0.15) is 6.92 Å². The lowest BCUT2D eigenvalue weighted by molar-refractivity contribution is 0.512. The second kappa shape index (κ2) is 6.57. The molecule has 0 bridgehead atoms. The number of hydrogen-bond donors (Lipinski definition) is 1. The molecule has 0 saturated carbocycles. The van der Waals surface area contributed by atoms with Gasteiger partial charge in [-0.3, -0.25) is 9.29 Å². The van der Waals surface area contributed by atoms with E-state index in [0.717, 1.165) is 0 Å². The van der Waals surface area contributed by atoms with Crippen molar-refractivity contribution in [3.63, 3.8) is 0 Å². The zero-order valence-electron chi connectivity index (χ0n) is 12.7. The van der Waals surface area contributed by atoms with Crippen LogP contribution in [0.15, 0.2) is 44.4 Å². The molecule has 1 heterocycles. The number of sulfonamides is 1. The van der Waals surface area contributed by atoms with Crippen LogP contribution in [0.3, 0.4) is 0 Å². The number of anilines is 1. The van der Waals surface area contributed by atoms with Crippen molar-refractivity contribution >= 4 is 61.6 Å². The van der Waals surface area contributed by atoms with Crippen LogP contribution in [0.4, 0.5) is 5.69 Å². The standard InChI is InChI=1S/C15H11Cl3N2O4S/c1-2-20-12-6-10(18)14(7-13(12)24-15(20)21)25(22,23)19-11-4-3-8(16)5-9(11)17/h3-7,19H,2H2,1H3. The summed E-state index contributed by atoms with van der Waals surface area (Å²) in [6.07, 6.45) is 0. The highest BCUT2D eigenvalue weighted by molar-refractivity contribution is 7.92. The van der Waals surface area contributed by atoms with E-state index in [1.807, 2.05) is 0 Å². The van der Waals surface area contributed by atoms with Crippen molar-refractivity contribution in [3.8, 4) is 0 Å². The topological polar surface area (TPSA) is 81.3 Å². The van der Waals surface area contributed by atoms with Crippen LogP contribution in [0, 0.1) is 0 Å². The SMILES string of the molecule is CCn1c(=O)oc2cc(S(=O)(=O)Nc3ccc(Cl)cc3Cl)c(Cl)cc21. The van der Waals surface area contributed by atoms with Crippen LogP contribution in [0.25, 0.3) is 11.1 Å². The number of fused-ring (bicyclic) bond motifs is 1. The number of aromatic nitrogens is 1. The van der Waals surface area contributed by atoms with Gasteiger partial charge in [-0.2, -0.15) is 0 Å². The molecule has 132 valence electrons. The maximum Gasteiger partial charge on any atom is 0.419 e. The van der Waals surface area contributed by atoms with Gasteiger partial charge in [0.25, 0.3) is 10.0 Å². The van der Waals surface area contributed by atoms with Crippen molar-refractivity contribution in [1.29, 1.82) is 0 Å². The summed E-state index contributed by atoms with van der Waals surface area (Å²) in [6, 6.07) is 6.92. The Hall–Kier alpha value is -1.67. The van der Waals surface area contributed by atoms with Crippen LogP contribution in [-0.4, -0.2) is 13.0 Å². The molecule has 2 aromatic carbocycles. The molecule has 0 spiro atoms. The minimum atomic E-state index is -4.06. The van der Waals surface area contributed by atoms with Crippen molar-refractivity contribution in [2.24, 2.45) is 0 Å². The van der Waals surface area contributed by atoms with Crippen LogP contribution >= 0.6 is 34.8 Å². The van der Waals surface area contributed by atoms with Gasteiger partial charge in [-0.25, -0.2) is 13.2 Å². The molecule has 0 amide bonds. The van der Waals surface area contributed by atoms with Gasteiger partial charge in [-0.1, -0.05) is 34.8 Å². The van der Waals surface area contributed by atoms with Gasteiger partial charge >= 0.3 is 5.76 Å². The highest BCUT2D eigenvalue weighted by Crippen LogP contribution is 2.31. The number of hydrogen-bond acceptors (Lipinski definition) is 4. The largest absolute Gasteiger partial charge is 0.419 e. The molecule has 0 unspecified atom stereocenters. The fraction of sp³-hybridized carbons (Fsp3) is 0.133. The van der Waals surface area contributed by atoms with E-state index in [0.29, 0.717) is 17.1 Å². The Balaban J connectivity index is 2.11. The number of nitrogens with zero attached hydrogens (tertiary/aromatic N) is 1. The van der Waals surface area contributed by atoms with E-state index in [4.69, 9.17) is 39.2 Å². The van der Waals surface area contributed by atoms with Gasteiger partial charge in [-0.15, -0.1) is 0 Å². The molecule has 6 nitrogen and oxygen atoms in total. The fourth-order valence-electron chi connectivity index (χ4n) is 2.34. The monoisotopic (exact) mass is 420 g/mol. The van der Waals surface area contributed by atoms with E-state index in [1.54, 1.807) is 6.92 Å². The Morgan fingerprint density at radius 2 is 1.84 bits per heavy atom. The Labute approximate surface area is 158 Å². The van der Waals surface area contributed by atoms with Gasteiger partial charge in [0.2, 0.25) is 0 Å². The summed E-state index contributed by atoms with van der Waals surface area (Å²) in [4.78, 5) is 11.5. The van der Waals surface area contributed by atoms with E-state index >= 15 is 0 Å². The van der Waals surface area contributed by atoms with Crippen molar-refractivity contribution in [2.45, 2.75) is 18.4 Å². The maximum atomic E-state index is 12.7. The van der Waals surface area contributed by atoms with E-state index in [2.05, 4.69) is 4.72 Å². The summed E-state index contributed by atoms with van der Waals surface area (Å²) >= 11 is 17.9. The maximum absolute atomic E-state index is 12.7. The van der Waals surface area contributed by atoms with Crippen molar-refractivity contribution in [1.82, 2.24) is 4.57 Å². The summed E-state index contributed by atoms with van der Waals surface area (Å²) in [5.74, 6) is -0.586. The zero-order chi connectivity index (χ0) is 18.4. The van der Waals surface area contributed by atoms with Crippen molar-refractivity contribution in [2.75, 3.05) is 4.72 Å². The van der Waals surface area contributed by atoms with E-state index in [1.165, 1.54) is 34.9 Å². The zero-order valence-corrected chi connectivity index (χ0v) is 15.8. The molecule has 0 aliphatic rings. The average Bonchev–Trinajstić information content (AvgIpc) is 2.83. The molecule has 0 atom stereocenters. The third-order valence-corrected chi connectivity index (χ3v) is 5.88. The molecule has 0 aliphatic heterocycles. The van der Waals surface area contributed by atoms with Gasteiger partial charge in [0.1, 0.15) is 4.90 Å². The average molecular weight is 422 g/mol. The molecule has 0 radical (unpaired) electrons. The lowest BCUT2D eigenvalue weighted by Crippen LogP contribution is -2.14. The molecular weight excluding hydrogens is 411 g/mol. The quantitative estimate of drug-likeness (QED) is 0.678. The minimum Gasteiger partial charge on any atom is -0.408 e. The summed E-state index contributed by atoms with van der Waals surface area (Å²) in [6.45, 7) is 2.13. The lowest BCUT2D eigenvalue weighted by Gasteiger charge is -2.11. The molecule has 3 aromatic rings. The Kier molecular flexibility index (Phi) is 4.76. The normalized spacial score (nSPS) is 11.8. The fourth-order valence-corrected chi connectivity index (χ4v) is 4.47. The molecule has 0 fully saturated rings. The van der Waals surface area contributed by atoms with Crippen LogP contribution in [0.2, 0.25) is 15.1 Å². The minimum absolute atomic E-state index is 0.0481. The molecule has 0 aliphatic carbocycles. The Morgan fingerprint density at radius 1 is 1.12 bits per heavy atom. The third-order valence-electron chi connectivity index (χ3n) is 3.50. The molecule has 1 N–H and O–H groups in total. The van der Waals surface area contributed by atoms with Gasteiger partial charge < -0.3 is 4.42 Å². The van der Waals surface area contributed by atoms with E-state index in [9.17, 15) is 13.2 Å². The second-order valence-corrected chi connectivity index (χ2v) is 7.99. The molecular formula is C15H11Cl3N2O4S. The van der Waals surface area contributed by atoms with Gasteiger partial charge in [0.15, 0.2) is 5.58 Å². The van der Waals surface area contributed by atoms with E-state index < -0.39 is 15.8 Å². The van der Waals surface area contributed by atoms with Crippen LogP contribution < -0.4 is 10.5 Å². The first kappa shape index (κ1) is 18.1. The molecule has 10 heteroatoms. The van der Waals surface area contributed by atoms with Crippen LogP contribution in [0.5, 0.6) is 0 Å². The van der Waals surface area contributed by atoms with E-state index in [-0.39, 0.29) is 26.2 Å². The Morgan fingerprint density at radius 3 is 2.48 bits per heavy atom. The third kappa shape index (κ3) is 3.37. The number of oxazole rings is 1. The summed E-state index contributed by atoms with van der Waals surface area (Å²) in [7, 11) is -4.06. The summed E-state index contributed by atoms with van der Waals surface area (Å²) in [5.41, 5.74) is 0.689. The summed E-state index contributed by atoms with van der Waals surface area (Å²) < 4.78 is 34.1. The number of halogens is 3. The highest BCUT2D eigenvalue weighted by Gasteiger charge is 2.22.